The van der Waals surface area contributed by atoms with Gasteiger partial charge in [-0.1, -0.05) is 35.0 Å². The Morgan fingerprint density at radius 1 is 1.05 bits per heavy atom. The Balaban J connectivity index is 2.43. The first-order valence-electron chi connectivity index (χ1n) is 5.09. The maximum absolute atomic E-state index is 13.1. The van der Waals surface area contributed by atoms with Crippen LogP contribution in [-0.2, 0) is 0 Å². The van der Waals surface area contributed by atoms with Gasteiger partial charge in [-0.05, 0) is 48.0 Å². The van der Waals surface area contributed by atoms with Crippen molar-refractivity contribution in [1.29, 1.82) is 0 Å². The van der Waals surface area contributed by atoms with Crippen molar-refractivity contribution in [1.82, 2.24) is 0 Å². The monoisotopic (exact) mass is 334 g/mol. The summed E-state index contributed by atoms with van der Waals surface area (Å²) < 4.78 is 13.1. The molecule has 0 N–H and O–H groups in total. The molecular formula is C13H6Cl3FOS. The second kappa shape index (κ2) is 6.14. The van der Waals surface area contributed by atoms with Crippen LogP contribution >= 0.6 is 46.6 Å². The van der Waals surface area contributed by atoms with Crippen LogP contribution in [0.1, 0.15) is 10.4 Å². The molecule has 0 heterocycles. The highest BCUT2D eigenvalue weighted by atomic mass is 35.5. The summed E-state index contributed by atoms with van der Waals surface area (Å²) in [6, 6.07) is 8.80. The first-order valence-corrected chi connectivity index (χ1v) is 7.04. The van der Waals surface area contributed by atoms with Gasteiger partial charge < -0.3 is 0 Å². The predicted octanol–water partition coefficient (Wildman–Crippen LogP) is 5.66. The van der Waals surface area contributed by atoms with E-state index in [0.717, 1.165) is 6.07 Å². The number of hydrogen-bond donors (Lipinski definition) is 0. The fourth-order valence-corrected chi connectivity index (χ4v) is 3.09. The Labute approximate surface area is 128 Å². The summed E-state index contributed by atoms with van der Waals surface area (Å²) in [7, 11) is 0. The molecular weight excluding hydrogens is 330 g/mol. The lowest BCUT2D eigenvalue weighted by molar-refractivity contribution is 0.107. The van der Waals surface area contributed by atoms with Crippen molar-refractivity contribution in [2.75, 3.05) is 0 Å². The molecule has 0 unspecified atom stereocenters. The maximum Gasteiger partial charge on any atom is 0.253 e. The lowest BCUT2D eigenvalue weighted by Crippen LogP contribution is -1.94. The zero-order valence-corrected chi connectivity index (χ0v) is 12.4. The van der Waals surface area contributed by atoms with Gasteiger partial charge in [0.25, 0.3) is 5.24 Å². The molecule has 0 spiro atoms. The van der Waals surface area contributed by atoms with Crippen molar-refractivity contribution in [3.05, 3.63) is 57.8 Å². The van der Waals surface area contributed by atoms with E-state index in [-0.39, 0.29) is 5.56 Å². The molecule has 19 heavy (non-hydrogen) atoms. The summed E-state index contributed by atoms with van der Waals surface area (Å²) in [5.41, 5.74) is 0.0997. The Morgan fingerprint density at radius 3 is 2.47 bits per heavy atom. The number of benzene rings is 2. The van der Waals surface area contributed by atoms with Crippen LogP contribution in [0.15, 0.2) is 46.2 Å². The van der Waals surface area contributed by atoms with Crippen molar-refractivity contribution in [2.24, 2.45) is 0 Å². The number of carbonyl (C=O) groups is 1. The average molecular weight is 336 g/mol. The zero-order chi connectivity index (χ0) is 14.0. The van der Waals surface area contributed by atoms with Gasteiger partial charge in [0.15, 0.2) is 0 Å². The quantitative estimate of drug-likeness (QED) is 0.673. The summed E-state index contributed by atoms with van der Waals surface area (Å²) in [5, 5.41) is 0.291. The van der Waals surface area contributed by atoms with Gasteiger partial charge in [-0.3, -0.25) is 4.79 Å². The average Bonchev–Trinajstić information content (AvgIpc) is 2.35. The van der Waals surface area contributed by atoms with Gasteiger partial charge in [-0.2, -0.15) is 0 Å². The summed E-state index contributed by atoms with van der Waals surface area (Å²) >= 11 is 18.6. The van der Waals surface area contributed by atoms with Crippen molar-refractivity contribution >= 4 is 51.8 Å². The minimum atomic E-state index is -0.722. The molecule has 0 saturated carbocycles. The smallest absolute Gasteiger partial charge is 0.253 e. The minimum Gasteiger partial charge on any atom is -0.276 e. The molecule has 0 saturated heterocycles. The molecule has 0 aliphatic heterocycles. The van der Waals surface area contributed by atoms with E-state index in [1.807, 2.05) is 0 Å². The van der Waals surface area contributed by atoms with Gasteiger partial charge in [0, 0.05) is 14.8 Å². The lowest BCUT2D eigenvalue weighted by atomic mass is 10.2. The van der Waals surface area contributed by atoms with E-state index >= 15 is 0 Å². The van der Waals surface area contributed by atoms with Crippen LogP contribution in [0.2, 0.25) is 10.0 Å². The number of hydrogen-bond acceptors (Lipinski definition) is 2. The van der Waals surface area contributed by atoms with Gasteiger partial charge in [0.05, 0.1) is 10.6 Å². The van der Waals surface area contributed by atoms with Gasteiger partial charge >= 0.3 is 0 Å². The largest absolute Gasteiger partial charge is 0.276 e. The van der Waals surface area contributed by atoms with E-state index in [1.54, 1.807) is 18.2 Å². The maximum atomic E-state index is 13.1. The van der Waals surface area contributed by atoms with Crippen molar-refractivity contribution < 1.29 is 9.18 Å². The van der Waals surface area contributed by atoms with Crippen molar-refractivity contribution in [2.45, 2.75) is 9.79 Å². The molecule has 0 aromatic heterocycles. The Bertz CT molecular complexity index is 646. The van der Waals surface area contributed by atoms with Crippen LogP contribution in [0.25, 0.3) is 0 Å². The topological polar surface area (TPSA) is 17.1 Å². The van der Waals surface area contributed by atoms with E-state index in [0.29, 0.717) is 19.8 Å². The third kappa shape index (κ3) is 3.63. The van der Waals surface area contributed by atoms with E-state index in [1.165, 1.54) is 23.9 Å². The molecule has 0 fully saturated rings. The molecule has 0 bridgehead atoms. The molecule has 6 heteroatoms. The van der Waals surface area contributed by atoms with Gasteiger partial charge in [0.1, 0.15) is 5.82 Å². The van der Waals surface area contributed by atoms with Crippen LogP contribution in [0.3, 0.4) is 0 Å². The molecule has 2 aromatic rings. The molecule has 0 aliphatic rings. The van der Waals surface area contributed by atoms with E-state index in [4.69, 9.17) is 34.8 Å². The van der Waals surface area contributed by atoms with Crippen molar-refractivity contribution in [3.8, 4) is 0 Å². The Kier molecular flexibility index (Phi) is 4.74. The predicted molar refractivity (Wildman–Crippen MR) is 77.2 cm³/mol. The second-order valence-electron chi connectivity index (χ2n) is 3.59. The number of rotatable bonds is 3. The zero-order valence-electron chi connectivity index (χ0n) is 9.29. The Morgan fingerprint density at radius 2 is 1.79 bits per heavy atom. The molecule has 2 rings (SSSR count). The van der Waals surface area contributed by atoms with Gasteiger partial charge in [-0.25, -0.2) is 4.39 Å². The Hall–Kier alpha value is -0.740. The van der Waals surface area contributed by atoms with Crippen LogP contribution in [0, 0.1) is 5.82 Å². The SMILES string of the molecule is O=C(Cl)c1cc(F)ccc1Sc1cc(Cl)ccc1Cl. The third-order valence-electron chi connectivity index (χ3n) is 2.27. The minimum absolute atomic E-state index is 0.0997. The van der Waals surface area contributed by atoms with Gasteiger partial charge in [0.2, 0.25) is 0 Å². The van der Waals surface area contributed by atoms with Crippen LogP contribution in [0.4, 0.5) is 4.39 Å². The molecule has 2 aromatic carbocycles. The highest BCUT2D eigenvalue weighted by Crippen LogP contribution is 2.37. The molecule has 98 valence electrons. The first kappa shape index (κ1) is 14.7. The van der Waals surface area contributed by atoms with E-state index in [9.17, 15) is 9.18 Å². The van der Waals surface area contributed by atoms with E-state index < -0.39 is 11.1 Å². The fourth-order valence-electron chi connectivity index (χ4n) is 1.42. The molecule has 0 atom stereocenters. The number of halogens is 4. The van der Waals surface area contributed by atoms with Gasteiger partial charge in [-0.15, -0.1) is 0 Å². The molecule has 0 amide bonds. The van der Waals surface area contributed by atoms with Crippen LogP contribution in [0.5, 0.6) is 0 Å². The number of carbonyl (C=O) groups excluding carboxylic acids is 1. The molecule has 0 aliphatic carbocycles. The summed E-state index contributed by atoms with van der Waals surface area (Å²) in [6.07, 6.45) is 0. The van der Waals surface area contributed by atoms with E-state index in [2.05, 4.69) is 0 Å². The highest BCUT2D eigenvalue weighted by molar-refractivity contribution is 7.99. The highest BCUT2D eigenvalue weighted by Gasteiger charge is 2.13. The van der Waals surface area contributed by atoms with Crippen LogP contribution in [-0.4, -0.2) is 5.24 Å². The first-order chi connectivity index (χ1) is 8.97. The lowest BCUT2D eigenvalue weighted by Gasteiger charge is -2.08. The normalized spacial score (nSPS) is 10.5. The van der Waals surface area contributed by atoms with Crippen LogP contribution < -0.4 is 0 Å². The molecule has 1 nitrogen and oxygen atoms in total. The fraction of sp³-hybridized carbons (Fsp3) is 0. The summed E-state index contributed by atoms with van der Waals surface area (Å²) in [5.74, 6) is -0.523. The standard InChI is InChI=1S/C13H6Cl3FOS/c14-7-1-3-10(15)12(5-7)19-11-4-2-8(17)6-9(11)13(16)18/h1-6H. The molecule has 0 radical (unpaired) electrons. The summed E-state index contributed by atoms with van der Waals surface area (Å²) in [6.45, 7) is 0. The summed E-state index contributed by atoms with van der Waals surface area (Å²) in [4.78, 5) is 12.5. The van der Waals surface area contributed by atoms with Crippen molar-refractivity contribution in [3.63, 3.8) is 0 Å². The third-order valence-corrected chi connectivity index (χ3v) is 4.28. The second-order valence-corrected chi connectivity index (χ2v) is 5.86.